The lowest BCUT2D eigenvalue weighted by Crippen LogP contribution is -2.01. The number of hydrogen-bond acceptors (Lipinski definition) is 1. The Balaban J connectivity index is 2.84. The van der Waals surface area contributed by atoms with Crippen LogP contribution in [0.4, 0.5) is 0 Å². The van der Waals surface area contributed by atoms with Gasteiger partial charge >= 0.3 is 0 Å². The van der Waals surface area contributed by atoms with Crippen molar-refractivity contribution in [2.45, 2.75) is 13.7 Å². The molecule has 0 saturated heterocycles. The summed E-state index contributed by atoms with van der Waals surface area (Å²) < 4.78 is 1.49. The van der Waals surface area contributed by atoms with Gasteiger partial charge in [0.25, 0.3) is 0 Å². The molecule has 0 bridgehead atoms. The summed E-state index contributed by atoms with van der Waals surface area (Å²) in [4.78, 5) is 1.42. The van der Waals surface area contributed by atoms with Crippen molar-refractivity contribution >= 4 is 23.4 Å². The molecule has 0 nitrogen and oxygen atoms in total. The molecule has 1 heterocycles. The second-order valence-corrected chi connectivity index (χ2v) is 3.24. The van der Waals surface area contributed by atoms with Crippen LogP contribution < -0.4 is 4.78 Å². The highest BCUT2D eigenvalue weighted by atomic mass is 32.1. The summed E-state index contributed by atoms with van der Waals surface area (Å²) in [5.74, 6) is 0. The standard InChI is InChI=1S/C6H9BS/c1-5-3-4-6(7-2)8-5/h3-4,7H,1-2H3. The third-order valence-electron chi connectivity index (χ3n) is 1.14. The Morgan fingerprint density at radius 1 is 1.50 bits per heavy atom. The SMILES string of the molecule is CBc1ccc(C)s1. The molecule has 2 heteroatoms. The van der Waals surface area contributed by atoms with Crippen molar-refractivity contribution in [2.75, 3.05) is 0 Å². The van der Waals surface area contributed by atoms with Crippen molar-refractivity contribution in [1.82, 2.24) is 0 Å². The van der Waals surface area contributed by atoms with Gasteiger partial charge in [0.05, 0.1) is 0 Å². The van der Waals surface area contributed by atoms with Crippen LogP contribution in [0, 0.1) is 6.92 Å². The average Bonchev–Trinajstić information content (AvgIpc) is 2.14. The molecule has 0 N–H and O–H groups in total. The number of rotatable bonds is 1. The molecule has 0 radical (unpaired) electrons. The van der Waals surface area contributed by atoms with E-state index in [2.05, 4.69) is 25.9 Å². The van der Waals surface area contributed by atoms with Crippen molar-refractivity contribution in [1.29, 1.82) is 0 Å². The summed E-state index contributed by atoms with van der Waals surface area (Å²) in [6.45, 7) is 4.33. The van der Waals surface area contributed by atoms with Crippen LogP contribution >= 0.6 is 11.3 Å². The summed E-state index contributed by atoms with van der Waals surface area (Å²) in [6, 6.07) is 4.36. The molecule has 42 valence electrons. The van der Waals surface area contributed by atoms with Crippen LogP contribution in [0.25, 0.3) is 0 Å². The van der Waals surface area contributed by atoms with Crippen LogP contribution in [0.3, 0.4) is 0 Å². The highest BCUT2D eigenvalue weighted by molar-refractivity contribution is 7.21. The van der Waals surface area contributed by atoms with Crippen molar-refractivity contribution in [3.63, 3.8) is 0 Å². The Hall–Kier alpha value is -0.235. The topological polar surface area (TPSA) is 0 Å². The Morgan fingerprint density at radius 2 is 2.25 bits per heavy atom. The van der Waals surface area contributed by atoms with Crippen molar-refractivity contribution in [3.8, 4) is 0 Å². The first kappa shape index (κ1) is 5.89. The van der Waals surface area contributed by atoms with Gasteiger partial charge in [0.1, 0.15) is 0 Å². The third kappa shape index (κ3) is 1.13. The van der Waals surface area contributed by atoms with Gasteiger partial charge in [0, 0.05) is 4.88 Å². The van der Waals surface area contributed by atoms with Crippen molar-refractivity contribution in [2.24, 2.45) is 0 Å². The van der Waals surface area contributed by atoms with Crippen LogP contribution in [0.5, 0.6) is 0 Å². The van der Waals surface area contributed by atoms with E-state index in [4.69, 9.17) is 0 Å². The highest BCUT2D eigenvalue weighted by Crippen LogP contribution is 2.01. The minimum absolute atomic E-state index is 1.18. The highest BCUT2D eigenvalue weighted by Gasteiger charge is 1.90. The molecule has 0 aliphatic carbocycles. The fraction of sp³-hybridized carbons (Fsp3) is 0.333. The van der Waals surface area contributed by atoms with Crippen LogP contribution in [-0.2, 0) is 0 Å². The van der Waals surface area contributed by atoms with Gasteiger partial charge in [-0.2, -0.15) is 11.3 Å². The van der Waals surface area contributed by atoms with E-state index in [-0.39, 0.29) is 0 Å². The van der Waals surface area contributed by atoms with E-state index < -0.39 is 0 Å². The molecule has 0 saturated carbocycles. The molecule has 0 aliphatic rings. The van der Waals surface area contributed by atoms with Crippen LogP contribution in [0.1, 0.15) is 4.88 Å². The fourth-order valence-corrected chi connectivity index (χ4v) is 1.51. The maximum Gasteiger partial charge on any atom is 0.167 e. The Bertz CT molecular complexity index is 169. The zero-order valence-corrected chi connectivity index (χ0v) is 6.09. The molecule has 0 aromatic carbocycles. The zero-order valence-electron chi connectivity index (χ0n) is 5.27. The van der Waals surface area contributed by atoms with Crippen molar-refractivity contribution < 1.29 is 0 Å². The molecule has 0 spiro atoms. The Morgan fingerprint density at radius 3 is 2.50 bits per heavy atom. The molecule has 0 atom stereocenters. The molecular formula is C6H9BS. The van der Waals surface area contributed by atoms with E-state index in [1.165, 1.54) is 16.9 Å². The maximum atomic E-state index is 2.19. The van der Waals surface area contributed by atoms with E-state index in [1.807, 2.05) is 11.3 Å². The maximum absolute atomic E-state index is 2.19. The zero-order chi connectivity index (χ0) is 5.98. The van der Waals surface area contributed by atoms with Gasteiger partial charge in [-0.15, -0.1) is 0 Å². The lowest BCUT2D eigenvalue weighted by molar-refractivity contribution is 1.64. The first-order valence-corrected chi connectivity index (χ1v) is 3.70. The lowest BCUT2D eigenvalue weighted by Gasteiger charge is -1.78. The van der Waals surface area contributed by atoms with E-state index in [0.29, 0.717) is 0 Å². The molecule has 1 aromatic rings. The van der Waals surface area contributed by atoms with E-state index in [0.717, 1.165) is 0 Å². The molecule has 0 amide bonds. The predicted molar refractivity (Wildman–Crippen MR) is 41.7 cm³/mol. The molecule has 1 rings (SSSR count). The van der Waals surface area contributed by atoms with Gasteiger partial charge in [0.15, 0.2) is 7.28 Å². The molecule has 1 aromatic heterocycles. The number of hydrogen-bond donors (Lipinski definition) is 0. The third-order valence-corrected chi connectivity index (χ3v) is 2.29. The van der Waals surface area contributed by atoms with Gasteiger partial charge in [-0.05, 0) is 17.8 Å². The van der Waals surface area contributed by atoms with Gasteiger partial charge in [-0.1, -0.05) is 12.9 Å². The second-order valence-electron chi connectivity index (χ2n) is 1.87. The monoisotopic (exact) mass is 124 g/mol. The summed E-state index contributed by atoms with van der Waals surface area (Å²) in [7, 11) is 1.18. The fourth-order valence-electron chi connectivity index (χ4n) is 0.675. The number of thiophene rings is 1. The van der Waals surface area contributed by atoms with Gasteiger partial charge in [-0.3, -0.25) is 0 Å². The lowest BCUT2D eigenvalue weighted by atomic mass is 9.81. The molecule has 0 fully saturated rings. The molecule has 0 unspecified atom stereocenters. The largest absolute Gasteiger partial charge is 0.167 e. The van der Waals surface area contributed by atoms with Crippen LogP contribution in [0.15, 0.2) is 12.1 Å². The first-order valence-electron chi connectivity index (χ1n) is 2.88. The summed E-state index contributed by atoms with van der Waals surface area (Å²) >= 11 is 1.89. The Labute approximate surface area is 54.8 Å². The van der Waals surface area contributed by atoms with E-state index in [9.17, 15) is 0 Å². The first-order chi connectivity index (χ1) is 3.83. The number of aryl methyl sites for hydroxylation is 1. The van der Waals surface area contributed by atoms with E-state index in [1.54, 1.807) is 0 Å². The van der Waals surface area contributed by atoms with Gasteiger partial charge in [-0.25, -0.2) is 0 Å². The summed E-state index contributed by atoms with van der Waals surface area (Å²) in [5.41, 5.74) is 0. The minimum Gasteiger partial charge on any atom is -0.156 e. The Kier molecular flexibility index (Phi) is 1.74. The van der Waals surface area contributed by atoms with Crippen LogP contribution in [0.2, 0.25) is 6.82 Å². The van der Waals surface area contributed by atoms with E-state index >= 15 is 0 Å². The summed E-state index contributed by atoms with van der Waals surface area (Å²) in [5, 5.41) is 0. The minimum atomic E-state index is 1.18. The quantitative estimate of drug-likeness (QED) is 0.493. The molecular weight excluding hydrogens is 115 g/mol. The smallest absolute Gasteiger partial charge is 0.156 e. The normalized spacial score (nSPS) is 9.25. The second kappa shape index (κ2) is 2.36. The summed E-state index contributed by atoms with van der Waals surface area (Å²) in [6.07, 6.45) is 0. The average molecular weight is 124 g/mol. The predicted octanol–water partition coefficient (Wildman–Crippen LogP) is 1.17. The van der Waals surface area contributed by atoms with Crippen molar-refractivity contribution in [3.05, 3.63) is 17.0 Å². The molecule has 8 heavy (non-hydrogen) atoms. The van der Waals surface area contributed by atoms with Gasteiger partial charge < -0.3 is 0 Å². The van der Waals surface area contributed by atoms with Gasteiger partial charge in [0.2, 0.25) is 0 Å². The van der Waals surface area contributed by atoms with Crippen LogP contribution in [-0.4, -0.2) is 7.28 Å². The molecule has 0 aliphatic heterocycles.